The van der Waals surface area contributed by atoms with Gasteiger partial charge >= 0.3 is 0 Å². The van der Waals surface area contributed by atoms with E-state index >= 15 is 0 Å². The number of anilines is 1. The quantitative estimate of drug-likeness (QED) is 0.567. The van der Waals surface area contributed by atoms with Crippen LogP contribution in [0, 0.1) is 5.92 Å². The second-order valence-corrected chi connectivity index (χ2v) is 8.10. The summed E-state index contributed by atoms with van der Waals surface area (Å²) in [7, 11) is 0. The van der Waals surface area contributed by atoms with Crippen molar-refractivity contribution in [3.63, 3.8) is 0 Å². The maximum atomic E-state index is 13.4. The molecule has 0 spiro atoms. The molecule has 30 heavy (non-hydrogen) atoms. The zero-order valence-corrected chi connectivity index (χ0v) is 17.5. The van der Waals surface area contributed by atoms with Crippen LogP contribution in [-0.4, -0.2) is 24.0 Å². The van der Waals surface area contributed by atoms with Gasteiger partial charge in [0.25, 0.3) is 5.91 Å². The maximum Gasteiger partial charge on any atom is 0.257 e. The van der Waals surface area contributed by atoms with Gasteiger partial charge in [-0.25, -0.2) is 0 Å². The van der Waals surface area contributed by atoms with E-state index in [9.17, 15) is 4.79 Å². The third kappa shape index (κ3) is 4.48. The number of rotatable bonds is 7. The highest BCUT2D eigenvalue weighted by molar-refractivity contribution is 6.01. The minimum absolute atomic E-state index is 0.0544. The molecule has 3 aromatic carbocycles. The molecule has 4 rings (SSSR count). The highest BCUT2D eigenvalue weighted by Crippen LogP contribution is 2.34. The molecule has 0 aliphatic carbocycles. The molecule has 3 aromatic rings. The fourth-order valence-electron chi connectivity index (χ4n) is 3.72. The lowest BCUT2D eigenvalue weighted by atomic mass is 10.0. The lowest BCUT2D eigenvalue weighted by Gasteiger charge is -2.38. The van der Waals surface area contributed by atoms with Crippen LogP contribution in [0.1, 0.15) is 41.5 Å². The molecule has 1 heterocycles. The molecule has 1 atom stereocenters. The number of ether oxygens (including phenoxy) is 1. The number of benzene rings is 3. The Bertz CT molecular complexity index is 1000. The van der Waals surface area contributed by atoms with Crippen LogP contribution in [0.15, 0.2) is 78.9 Å². The van der Waals surface area contributed by atoms with Gasteiger partial charge in [-0.1, -0.05) is 68.4 Å². The summed E-state index contributed by atoms with van der Waals surface area (Å²) in [5.41, 5.74) is 3.83. The van der Waals surface area contributed by atoms with Gasteiger partial charge in [-0.15, -0.1) is 0 Å². The zero-order chi connectivity index (χ0) is 20.9. The van der Waals surface area contributed by atoms with Crippen LogP contribution in [0.3, 0.4) is 0 Å². The van der Waals surface area contributed by atoms with E-state index in [0.717, 1.165) is 23.4 Å². The van der Waals surface area contributed by atoms with Gasteiger partial charge in [0, 0.05) is 12.2 Å². The highest BCUT2D eigenvalue weighted by atomic mass is 16.5. The summed E-state index contributed by atoms with van der Waals surface area (Å²) in [5.74, 6) is 1.34. The summed E-state index contributed by atoms with van der Waals surface area (Å²) in [6.07, 6.45) is 0.565. The second kappa shape index (κ2) is 9.04. The van der Waals surface area contributed by atoms with Gasteiger partial charge in [0.15, 0.2) is 0 Å². The van der Waals surface area contributed by atoms with Crippen molar-refractivity contribution in [2.24, 2.45) is 5.92 Å². The first-order valence-electron chi connectivity index (χ1n) is 10.5. The first-order chi connectivity index (χ1) is 14.6. The van der Waals surface area contributed by atoms with Crippen molar-refractivity contribution in [3.8, 4) is 5.75 Å². The first-order valence-corrected chi connectivity index (χ1v) is 10.5. The molecule has 1 amide bonds. The van der Waals surface area contributed by atoms with Gasteiger partial charge in [0.2, 0.25) is 0 Å². The number of nitrogens with one attached hydrogen (secondary N) is 1. The van der Waals surface area contributed by atoms with E-state index in [2.05, 4.69) is 37.4 Å². The zero-order valence-electron chi connectivity index (χ0n) is 17.5. The lowest BCUT2D eigenvalue weighted by Crippen LogP contribution is -2.44. The molecule has 0 bridgehead atoms. The predicted molar refractivity (Wildman–Crippen MR) is 121 cm³/mol. The monoisotopic (exact) mass is 400 g/mol. The molecule has 0 aromatic heterocycles. The van der Waals surface area contributed by atoms with Crippen molar-refractivity contribution in [1.82, 2.24) is 4.90 Å². The average Bonchev–Trinajstić information content (AvgIpc) is 2.78. The third-order valence-electron chi connectivity index (χ3n) is 5.26. The van der Waals surface area contributed by atoms with Crippen molar-refractivity contribution >= 4 is 11.6 Å². The molecule has 154 valence electrons. The van der Waals surface area contributed by atoms with E-state index in [0.29, 0.717) is 24.6 Å². The Hall–Kier alpha value is -3.27. The van der Waals surface area contributed by atoms with Crippen LogP contribution >= 0.6 is 0 Å². The fraction of sp³-hybridized carbons (Fsp3) is 0.269. The van der Waals surface area contributed by atoms with Crippen LogP contribution in [0.4, 0.5) is 5.69 Å². The van der Waals surface area contributed by atoms with Crippen LogP contribution in [-0.2, 0) is 6.42 Å². The van der Waals surface area contributed by atoms with Gasteiger partial charge in [-0.05, 0) is 47.7 Å². The Morgan fingerprint density at radius 1 is 0.967 bits per heavy atom. The predicted octanol–water partition coefficient (Wildman–Crippen LogP) is 5.53. The van der Waals surface area contributed by atoms with E-state index in [1.54, 1.807) is 0 Å². The molecular formula is C26H28N2O2. The van der Waals surface area contributed by atoms with Crippen LogP contribution in [0.25, 0.3) is 0 Å². The number of nitrogens with zero attached hydrogens (tertiary/aromatic N) is 1. The summed E-state index contributed by atoms with van der Waals surface area (Å²) in [5, 5.41) is 3.57. The SMILES string of the molecule is CC(C)COc1cccc(C2Nc3ccccc3C(=O)N2CCc2ccccc2)c1. The summed E-state index contributed by atoms with van der Waals surface area (Å²) in [6, 6.07) is 26.1. The minimum Gasteiger partial charge on any atom is -0.493 e. The Morgan fingerprint density at radius 2 is 1.73 bits per heavy atom. The Morgan fingerprint density at radius 3 is 2.53 bits per heavy atom. The topological polar surface area (TPSA) is 41.6 Å². The van der Waals surface area contributed by atoms with Crippen LogP contribution < -0.4 is 10.1 Å². The number of amides is 1. The normalized spacial score (nSPS) is 15.6. The second-order valence-electron chi connectivity index (χ2n) is 8.10. The molecule has 1 aliphatic heterocycles. The number of carbonyl (C=O) groups is 1. The molecule has 1 unspecified atom stereocenters. The van der Waals surface area contributed by atoms with Crippen molar-refractivity contribution in [3.05, 3.63) is 95.6 Å². The molecule has 0 saturated carbocycles. The third-order valence-corrected chi connectivity index (χ3v) is 5.26. The maximum absolute atomic E-state index is 13.4. The lowest BCUT2D eigenvalue weighted by molar-refractivity contribution is 0.0685. The van der Waals surface area contributed by atoms with Crippen molar-refractivity contribution in [2.75, 3.05) is 18.5 Å². The van der Waals surface area contributed by atoms with Gasteiger partial charge in [0.1, 0.15) is 11.9 Å². The Labute approximate surface area is 178 Å². The van der Waals surface area contributed by atoms with Crippen LogP contribution in [0.2, 0.25) is 0 Å². The van der Waals surface area contributed by atoms with Crippen molar-refractivity contribution in [1.29, 1.82) is 0 Å². The van der Waals surface area contributed by atoms with Crippen molar-refractivity contribution < 1.29 is 9.53 Å². The van der Waals surface area contributed by atoms with E-state index in [1.807, 2.05) is 65.6 Å². The molecule has 1 N–H and O–H groups in total. The molecule has 1 aliphatic rings. The molecule has 0 fully saturated rings. The molecule has 0 radical (unpaired) electrons. The van der Waals surface area contributed by atoms with E-state index < -0.39 is 0 Å². The number of hydrogen-bond donors (Lipinski definition) is 1. The van der Waals surface area contributed by atoms with Gasteiger partial charge in [0.05, 0.1) is 12.2 Å². The Balaban J connectivity index is 1.63. The Kier molecular flexibility index (Phi) is 6.03. The van der Waals surface area contributed by atoms with Gasteiger partial charge in [-0.2, -0.15) is 0 Å². The van der Waals surface area contributed by atoms with Gasteiger partial charge < -0.3 is 15.0 Å². The summed E-state index contributed by atoms with van der Waals surface area (Å²) >= 11 is 0. The first kappa shape index (κ1) is 20.0. The van der Waals surface area contributed by atoms with Crippen LogP contribution in [0.5, 0.6) is 5.75 Å². The fourth-order valence-corrected chi connectivity index (χ4v) is 3.72. The number of para-hydroxylation sites is 1. The summed E-state index contributed by atoms with van der Waals surface area (Å²) in [4.78, 5) is 15.3. The number of fused-ring (bicyclic) bond motifs is 1. The van der Waals surface area contributed by atoms with E-state index in [4.69, 9.17) is 4.74 Å². The van der Waals surface area contributed by atoms with E-state index in [-0.39, 0.29) is 12.1 Å². The largest absolute Gasteiger partial charge is 0.493 e. The smallest absolute Gasteiger partial charge is 0.257 e. The summed E-state index contributed by atoms with van der Waals surface area (Å²) in [6.45, 7) is 5.56. The molecule has 4 heteroatoms. The highest BCUT2D eigenvalue weighted by Gasteiger charge is 2.32. The minimum atomic E-state index is -0.237. The van der Waals surface area contributed by atoms with Gasteiger partial charge in [-0.3, -0.25) is 4.79 Å². The average molecular weight is 401 g/mol. The molecule has 4 nitrogen and oxygen atoms in total. The van der Waals surface area contributed by atoms with E-state index in [1.165, 1.54) is 5.56 Å². The molecular weight excluding hydrogens is 372 g/mol. The van der Waals surface area contributed by atoms with Crippen molar-refractivity contribution in [2.45, 2.75) is 26.4 Å². The molecule has 0 saturated heterocycles. The standard InChI is InChI=1S/C26H28N2O2/c1-19(2)18-30-22-12-8-11-21(17-22)25-27-24-14-7-6-13-23(24)26(29)28(25)16-15-20-9-4-3-5-10-20/h3-14,17,19,25,27H,15-16,18H2,1-2H3. The number of hydrogen-bond acceptors (Lipinski definition) is 3. The number of carbonyl (C=O) groups excluding carboxylic acids is 1. The summed E-state index contributed by atoms with van der Waals surface area (Å²) < 4.78 is 5.93.